The third-order valence-corrected chi connectivity index (χ3v) is 3.76. The standard InChI is InChI=1S/C18H28N2/c1-3-4-5-6-7-8-9-10-14-20(2)18-13-11-12-17(15-18)16-19/h11-13,15H,3-10,14H2,1-2H3. The van der Waals surface area contributed by atoms with E-state index in [0.29, 0.717) is 0 Å². The van der Waals surface area contributed by atoms with E-state index in [2.05, 4.69) is 31.0 Å². The summed E-state index contributed by atoms with van der Waals surface area (Å²) in [5.74, 6) is 0. The molecule has 0 aliphatic rings. The molecule has 0 saturated carbocycles. The van der Waals surface area contributed by atoms with Crippen molar-refractivity contribution in [2.75, 3.05) is 18.5 Å². The van der Waals surface area contributed by atoms with Gasteiger partial charge in [0.05, 0.1) is 11.6 Å². The number of nitriles is 1. The molecule has 0 aromatic heterocycles. The second kappa shape index (κ2) is 10.3. The van der Waals surface area contributed by atoms with Gasteiger partial charge in [0, 0.05) is 19.3 Å². The molecule has 2 heteroatoms. The predicted molar refractivity (Wildman–Crippen MR) is 87.0 cm³/mol. The Bertz CT molecular complexity index is 406. The molecule has 1 aromatic carbocycles. The highest BCUT2D eigenvalue weighted by atomic mass is 15.1. The molecule has 0 unspecified atom stereocenters. The van der Waals surface area contributed by atoms with Gasteiger partial charge in [0.2, 0.25) is 0 Å². The number of hydrogen-bond donors (Lipinski definition) is 0. The molecule has 0 amide bonds. The van der Waals surface area contributed by atoms with Crippen LogP contribution < -0.4 is 4.90 Å². The summed E-state index contributed by atoms with van der Waals surface area (Å²) in [5, 5.41) is 8.91. The molecule has 0 aliphatic heterocycles. The molecule has 0 radical (unpaired) electrons. The Morgan fingerprint density at radius 2 is 1.65 bits per heavy atom. The summed E-state index contributed by atoms with van der Waals surface area (Å²) in [6.07, 6.45) is 10.8. The van der Waals surface area contributed by atoms with Crippen LogP contribution in [0, 0.1) is 11.3 Å². The maximum atomic E-state index is 8.91. The SMILES string of the molecule is CCCCCCCCCCN(C)c1cccc(C#N)c1. The van der Waals surface area contributed by atoms with E-state index in [1.165, 1.54) is 51.4 Å². The molecule has 1 aromatic rings. The summed E-state index contributed by atoms with van der Waals surface area (Å²) < 4.78 is 0. The Balaban J connectivity index is 2.14. The maximum Gasteiger partial charge on any atom is 0.0992 e. The Labute approximate surface area is 124 Å². The van der Waals surface area contributed by atoms with E-state index in [1.54, 1.807) is 0 Å². The molecule has 0 aliphatic carbocycles. The first kappa shape index (κ1) is 16.6. The fourth-order valence-electron chi connectivity index (χ4n) is 2.42. The van der Waals surface area contributed by atoms with Crippen molar-refractivity contribution in [3.8, 4) is 6.07 Å². The topological polar surface area (TPSA) is 27.0 Å². The summed E-state index contributed by atoms with van der Waals surface area (Å²) in [7, 11) is 2.11. The second-order valence-electron chi connectivity index (χ2n) is 5.56. The summed E-state index contributed by atoms with van der Waals surface area (Å²) in [6.45, 7) is 3.33. The summed E-state index contributed by atoms with van der Waals surface area (Å²) in [4.78, 5) is 2.25. The van der Waals surface area contributed by atoms with E-state index in [-0.39, 0.29) is 0 Å². The van der Waals surface area contributed by atoms with Crippen LogP contribution in [0.25, 0.3) is 0 Å². The van der Waals surface area contributed by atoms with Crippen molar-refractivity contribution >= 4 is 5.69 Å². The van der Waals surface area contributed by atoms with E-state index in [1.807, 2.05) is 18.2 Å². The molecule has 20 heavy (non-hydrogen) atoms. The van der Waals surface area contributed by atoms with Gasteiger partial charge < -0.3 is 4.90 Å². The lowest BCUT2D eigenvalue weighted by molar-refractivity contribution is 0.575. The minimum absolute atomic E-state index is 0.741. The summed E-state index contributed by atoms with van der Waals surface area (Å²) in [6, 6.07) is 10.0. The summed E-state index contributed by atoms with van der Waals surface area (Å²) >= 11 is 0. The average molecular weight is 272 g/mol. The number of benzene rings is 1. The van der Waals surface area contributed by atoms with Crippen LogP contribution in [0.3, 0.4) is 0 Å². The molecule has 0 heterocycles. The van der Waals surface area contributed by atoms with Crippen LogP contribution in [0.2, 0.25) is 0 Å². The smallest absolute Gasteiger partial charge is 0.0992 e. The van der Waals surface area contributed by atoms with E-state index in [9.17, 15) is 0 Å². The van der Waals surface area contributed by atoms with E-state index in [0.717, 1.165) is 17.8 Å². The Hall–Kier alpha value is -1.49. The third kappa shape index (κ3) is 6.61. The fraction of sp³-hybridized carbons (Fsp3) is 0.611. The molecular weight excluding hydrogens is 244 g/mol. The number of anilines is 1. The first-order valence-electron chi connectivity index (χ1n) is 7.99. The van der Waals surface area contributed by atoms with Gasteiger partial charge in [-0.05, 0) is 24.6 Å². The monoisotopic (exact) mass is 272 g/mol. The van der Waals surface area contributed by atoms with Crippen LogP contribution in [-0.4, -0.2) is 13.6 Å². The fourth-order valence-corrected chi connectivity index (χ4v) is 2.42. The largest absolute Gasteiger partial charge is 0.375 e. The number of unbranched alkanes of at least 4 members (excludes halogenated alkanes) is 7. The van der Waals surface area contributed by atoms with Crippen LogP contribution >= 0.6 is 0 Å². The molecule has 110 valence electrons. The van der Waals surface area contributed by atoms with E-state index < -0.39 is 0 Å². The van der Waals surface area contributed by atoms with Gasteiger partial charge in [-0.1, -0.05) is 57.9 Å². The average Bonchev–Trinajstić information content (AvgIpc) is 2.49. The number of hydrogen-bond acceptors (Lipinski definition) is 2. The lowest BCUT2D eigenvalue weighted by Crippen LogP contribution is -2.18. The lowest BCUT2D eigenvalue weighted by atomic mass is 10.1. The number of nitrogens with zero attached hydrogens (tertiary/aromatic N) is 2. The van der Waals surface area contributed by atoms with Crippen molar-refractivity contribution < 1.29 is 0 Å². The molecule has 0 N–H and O–H groups in total. The minimum Gasteiger partial charge on any atom is -0.375 e. The Kier molecular flexibility index (Phi) is 8.54. The van der Waals surface area contributed by atoms with Gasteiger partial charge in [-0.2, -0.15) is 5.26 Å². The van der Waals surface area contributed by atoms with Crippen LogP contribution in [-0.2, 0) is 0 Å². The van der Waals surface area contributed by atoms with Crippen molar-refractivity contribution in [3.05, 3.63) is 29.8 Å². The zero-order chi connectivity index (χ0) is 14.6. The highest BCUT2D eigenvalue weighted by Crippen LogP contribution is 2.15. The van der Waals surface area contributed by atoms with Gasteiger partial charge in [-0.3, -0.25) is 0 Å². The number of rotatable bonds is 10. The van der Waals surface area contributed by atoms with Gasteiger partial charge in [-0.25, -0.2) is 0 Å². The molecule has 0 spiro atoms. The normalized spacial score (nSPS) is 10.2. The quantitative estimate of drug-likeness (QED) is 0.552. The molecule has 0 fully saturated rings. The molecule has 1 rings (SSSR count). The van der Waals surface area contributed by atoms with Crippen LogP contribution in [0.1, 0.15) is 63.9 Å². The molecule has 0 bridgehead atoms. The lowest BCUT2D eigenvalue weighted by Gasteiger charge is -2.19. The van der Waals surface area contributed by atoms with Crippen molar-refractivity contribution in [2.24, 2.45) is 0 Å². The van der Waals surface area contributed by atoms with Crippen LogP contribution in [0.4, 0.5) is 5.69 Å². The van der Waals surface area contributed by atoms with Crippen molar-refractivity contribution in [3.63, 3.8) is 0 Å². The summed E-state index contributed by atoms with van der Waals surface area (Å²) in [5.41, 5.74) is 1.89. The highest BCUT2D eigenvalue weighted by molar-refractivity contribution is 5.50. The second-order valence-corrected chi connectivity index (χ2v) is 5.56. The van der Waals surface area contributed by atoms with Crippen LogP contribution in [0.5, 0.6) is 0 Å². The Morgan fingerprint density at radius 1 is 1.00 bits per heavy atom. The molecule has 2 nitrogen and oxygen atoms in total. The maximum absolute atomic E-state index is 8.91. The molecule has 0 atom stereocenters. The third-order valence-electron chi connectivity index (χ3n) is 3.76. The van der Waals surface area contributed by atoms with Crippen molar-refractivity contribution in [2.45, 2.75) is 58.3 Å². The zero-order valence-corrected chi connectivity index (χ0v) is 13.1. The van der Waals surface area contributed by atoms with Gasteiger partial charge in [0.25, 0.3) is 0 Å². The Morgan fingerprint density at radius 3 is 2.30 bits per heavy atom. The first-order valence-corrected chi connectivity index (χ1v) is 7.99. The highest BCUT2D eigenvalue weighted by Gasteiger charge is 2.01. The van der Waals surface area contributed by atoms with Gasteiger partial charge in [0.1, 0.15) is 0 Å². The van der Waals surface area contributed by atoms with E-state index in [4.69, 9.17) is 5.26 Å². The molecular formula is C18H28N2. The van der Waals surface area contributed by atoms with Gasteiger partial charge in [-0.15, -0.1) is 0 Å². The predicted octanol–water partition coefficient (Wildman–Crippen LogP) is 5.14. The minimum atomic E-state index is 0.741. The first-order chi connectivity index (χ1) is 9.77. The zero-order valence-electron chi connectivity index (χ0n) is 13.1. The van der Waals surface area contributed by atoms with Gasteiger partial charge >= 0.3 is 0 Å². The van der Waals surface area contributed by atoms with Crippen molar-refractivity contribution in [1.82, 2.24) is 0 Å². The van der Waals surface area contributed by atoms with Crippen LogP contribution in [0.15, 0.2) is 24.3 Å². The molecule has 0 saturated heterocycles. The van der Waals surface area contributed by atoms with E-state index >= 15 is 0 Å². The van der Waals surface area contributed by atoms with Crippen molar-refractivity contribution in [1.29, 1.82) is 5.26 Å². The van der Waals surface area contributed by atoms with Gasteiger partial charge in [0.15, 0.2) is 0 Å².